The van der Waals surface area contributed by atoms with Gasteiger partial charge in [-0.15, -0.1) is 0 Å². The fraction of sp³-hybridized carbons (Fsp3) is 0.200. The van der Waals surface area contributed by atoms with Gasteiger partial charge in [-0.1, -0.05) is 0 Å². The molecular formula is C10H11N2O2P. The zero-order chi connectivity index (χ0) is 10.8. The number of ether oxygens (including phenoxy) is 1. The van der Waals surface area contributed by atoms with Gasteiger partial charge >= 0.3 is 0 Å². The predicted molar refractivity (Wildman–Crippen MR) is 61.2 cm³/mol. The molecule has 0 saturated carbocycles. The molecule has 0 aliphatic rings. The molecule has 2 aromatic rings. The number of aryl methyl sites for hydroxylation is 1. The van der Waals surface area contributed by atoms with Crippen molar-refractivity contribution < 1.29 is 9.26 Å². The van der Waals surface area contributed by atoms with Crippen LogP contribution in [-0.4, -0.2) is 17.1 Å². The monoisotopic (exact) mass is 222 g/mol. The molecular weight excluding hydrogens is 211 g/mol. The first-order chi connectivity index (χ1) is 7.24. The van der Waals surface area contributed by atoms with Crippen LogP contribution in [0.3, 0.4) is 0 Å². The van der Waals surface area contributed by atoms with E-state index in [-0.39, 0.29) is 0 Å². The first kappa shape index (κ1) is 10.1. The van der Waals surface area contributed by atoms with E-state index in [2.05, 4.69) is 19.4 Å². The number of nitrogens with zero attached hydrogens (tertiary/aromatic N) is 2. The van der Waals surface area contributed by atoms with Crippen LogP contribution in [0.15, 0.2) is 18.3 Å². The Hall–Kier alpha value is -1.41. The second kappa shape index (κ2) is 3.99. The van der Waals surface area contributed by atoms with E-state index in [4.69, 9.17) is 9.26 Å². The van der Waals surface area contributed by atoms with Crippen LogP contribution in [0.4, 0.5) is 0 Å². The molecule has 78 valence electrons. The molecule has 0 radical (unpaired) electrons. The van der Waals surface area contributed by atoms with Crippen LogP contribution >= 0.6 is 9.47 Å². The maximum absolute atomic E-state index is 5.18. The predicted octanol–water partition coefficient (Wildman–Crippen LogP) is 2.12. The molecule has 1 unspecified atom stereocenters. The average molecular weight is 222 g/mol. The highest BCUT2D eigenvalue weighted by atomic mass is 31.0. The second-order valence-corrected chi connectivity index (χ2v) is 3.36. The SMILES string of the molecule is COc1cc2nc(C)cnc2cc1OP. The van der Waals surface area contributed by atoms with Crippen LogP contribution in [0.5, 0.6) is 11.5 Å². The fourth-order valence-corrected chi connectivity index (χ4v) is 1.55. The lowest BCUT2D eigenvalue weighted by atomic mass is 10.2. The lowest BCUT2D eigenvalue weighted by molar-refractivity contribution is 0.400. The van der Waals surface area contributed by atoms with E-state index in [1.165, 1.54) is 0 Å². The Labute approximate surface area is 89.9 Å². The summed E-state index contributed by atoms with van der Waals surface area (Å²) >= 11 is 0. The van der Waals surface area contributed by atoms with Gasteiger partial charge in [0.15, 0.2) is 11.5 Å². The third kappa shape index (κ3) is 1.85. The minimum atomic E-state index is 0.633. The highest BCUT2D eigenvalue weighted by Gasteiger charge is 2.07. The van der Waals surface area contributed by atoms with Gasteiger partial charge in [-0.2, -0.15) is 0 Å². The van der Waals surface area contributed by atoms with E-state index in [1.54, 1.807) is 19.4 Å². The molecule has 2 rings (SSSR count). The van der Waals surface area contributed by atoms with E-state index < -0.39 is 0 Å². The fourth-order valence-electron chi connectivity index (χ4n) is 1.36. The Morgan fingerprint density at radius 1 is 1.20 bits per heavy atom. The number of hydrogen-bond acceptors (Lipinski definition) is 4. The summed E-state index contributed by atoms with van der Waals surface area (Å²) in [6.07, 6.45) is 1.72. The third-order valence-corrected chi connectivity index (χ3v) is 2.33. The molecule has 0 bridgehead atoms. The van der Waals surface area contributed by atoms with Crippen LogP contribution < -0.4 is 9.26 Å². The zero-order valence-electron chi connectivity index (χ0n) is 8.52. The summed E-state index contributed by atoms with van der Waals surface area (Å²) in [4.78, 5) is 8.61. The number of methoxy groups -OCH3 is 1. The first-order valence-corrected chi connectivity index (χ1v) is 4.90. The first-order valence-electron chi connectivity index (χ1n) is 4.42. The zero-order valence-corrected chi connectivity index (χ0v) is 9.68. The van der Waals surface area contributed by atoms with Gasteiger partial charge in [-0.05, 0) is 6.92 Å². The molecule has 4 nitrogen and oxygen atoms in total. The van der Waals surface area contributed by atoms with Crippen molar-refractivity contribution >= 4 is 20.5 Å². The Kier molecular flexibility index (Phi) is 2.69. The number of rotatable bonds is 2. The number of fused-ring (bicyclic) bond motifs is 1. The number of aromatic nitrogens is 2. The summed E-state index contributed by atoms with van der Waals surface area (Å²) < 4.78 is 10.3. The van der Waals surface area contributed by atoms with Gasteiger partial charge in [-0.3, -0.25) is 4.98 Å². The summed E-state index contributed by atoms with van der Waals surface area (Å²) in [7, 11) is 3.78. The van der Waals surface area contributed by atoms with Gasteiger partial charge in [-0.25, -0.2) is 4.98 Å². The lowest BCUT2D eigenvalue weighted by Gasteiger charge is -2.07. The van der Waals surface area contributed by atoms with Gasteiger partial charge in [0.2, 0.25) is 0 Å². The standard InChI is InChI=1S/C10H11N2O2P/c1-6-5-11-7-3-10(14-15)9(13-2)4-8(7)12-6/h3-5H,15H2,1-2H3. The van der Waals surface area contributed by atoms with E-state index in [1.807, 2.05) is 13.0 Å². The quantitative estimate of drug-likeness (QED) is 0.730. The van der Waals surface area contributed by atoms with Crippen molar-refractivity contribution in [2.24, 2.45) is 0 Å². The molecule has 1 atom stereocenters. The molecule has 1 heterocycles. The smallest absolute Gasteiger partial charge is 0.166 e. The van der Waals surface area contributed by atoms with Crippen molar-refractivity contribution in [3.63, 3.8) is 0 Å². The van der Waals surface area contributed by atoms with Crippen molar-refractivity contribution in [1.29, 1.82) is 0 Å². The normalized spacial score (nSPS) is 10.3. The molecule has 1 aromatic heterocycles. The maximum Gasteiger partial charge on any atom is 0.166 e. The highest BCUT2D eigenvalue weighted by molar-refractivity contribution is 7.10. The van der Waals surface area contributed by atoms with Crippen LogP contribution in [0.25, 0.3) is 11.0 Å². The number of benzene rings is 1. The van der Waals surface area contributed by atoms with Crippen LogP contribution in [-0.2, 0) is 0 Å². The minimum Gasteiger partial charge on any atom is -0.493 e. The molecule has 0 N–H and O–H groups in total. The van der Waals surface area contributed by atoms with E-state index >= 15 is 0 Å². The van der Waals surface area contributed by atoms with Crippen molar-refractivity contribution in [3.05, 3.63) is 24.0 Å². The maximum atomic E-state index is 5.18. The van der Waals surface area contributed by atoms with E-state index in [0.717, 1.165) is 16.7 Å². The minimum absolute atomic E-state index is 0.633. The molecule has 0 aliphatic heterocycles. The summed E-state index contributed by atoms with van der Waals surface area (Å²) in [6.45, 7) is 1.90. The Morgan fingerprint density at radius 2 is 1.93 bits per heavy atom. The van der Waals surface area contributed by atoms with Gasteiger partial charge in [0, 0.05) is 18.3 Å². The van der Waals surface area contributed by atoms with E-state index in [0.29, 0.717) is 11.5 Å². The summed E-state index contributed by atoms with van der Waals surface area (Å²) in [5.41, 5.74) is 2.47. The van der Waals surface area contributed by atoms with Crippen molar-refractivity contribution in [1.82, 2.24) is 9.97 Å². The highest BCUT2D eigenvalue weighted by Crippen LogP contribution is 2.31. The molecule has 0 saturated heterocycles. The van der Waals surface area contributed by atoms with Gasteiger partial charge < -0.3 is 9.26 Å². The molecule has 0 amide bonds. The molecule has 0 aliphatic carbocycles. The Bertz CT molecular complexity index is 502. The van der Waals surface area contributed by atoms with Crippen molar-refractivity contribution in [2.75, 3.05) is 7.11 Å². The molecule has 0 spiro atoms. The van der Waals surface area contributed by atoms with Crippen LogP contribution in [0.1, 0.15) is 5.69 Å². The molecule has 5 heteroatoms. The molecule has 1 aromatic carbocycles. The summed E-state index contributed by atoms with van der Waals surface area (Å²) in [5, 5.41) is 0. The average Bonchev–Trinajstić information content (AvgIpc) is 2.27. The van der Waals surface area contributed by atoms with Crippen LogP contribution in [0.2, 0.25) is 0 Å². The van der Waals surface area contributed by atoms with E-state index in [9.17, 15) is 0 Å². The summed E-state index contributed by atoms with van der Waals surface area (Å²) in [6, 6.07) is 3.61. The van der Waals surface area contributed by atoms with Crippen LogP contribution in [0, 0.1) is 6.92 Å². The van der Waals surface area contributed by atoms with Crippen molar-refractivity contribution in [2.45, 2.75) is 6.92 Å². The largest absolute Gasteiger partial charge is 0.493 e. The van der Waals surface area contributed by atoms with Gasteiger partial charge in [0.25, 0.3) is 0 Å². The van der Waals surface area contributed by atoms with Gasteiger partial charge in [0.1, 0.15) is 0 Å². The Morgan fingerprint density at radius 3 is 2.60 bits per heavy atom. The topological polar surface area (TPSA) is 44.2 Å². The molecule has 15 heavy (non-hydrogen) atoms. The van der Waals surface area contributed by atoms with Crippen molar-refractivity contribution in [3.8, 4) is 11.5 Å². The second-order valence-electron chi connectivity index (χ2n) is 3.12. The summed E-state index contributed by atoms with van der Waals surface area (Å²) in [5.74, 6) is 1.28. The molecule has 0 fully saturated rings. The Balaban J connectivity index is 2.69. The lowest BCUT2D eigenvalue weighted by Crippen LogP contribution is -1.91. The third-order valence-electron chi connectivity index (χ3n) is 2.08. The van der Waals surface area contributed by atoms with Gasteiger partial charge in [0.05, 0.1) is 33.3 Å². The number of hydrogen-bond donors (Lipinski definition) is 0.